The van der Waals surface area contributed by atoms with E-state index in [0.717, 1.165) is 19.4 Å². The number of hydrogen-bond acceptors (Lipinski definition) is 4. The first-order chi connectivity index (χ1) is 8.70. The minimum Gasteiger partial charge on any atom is -0.385 e. The molecule has 0 unspecified atom stereocenters. The van der Waals surface area contributed by atoms with Gasteiger partial charge in [0.1, 0.15) is 0 Å². The van der Waals surface area contributed by atoms with Gasteiger partial charge in [-0.2, -0.15) is 0 Å². The zero-order chi connectivity index (χ0) is 13.6. The van der Waals surface area contributed by atoms with Crippen molar-refractivity contribution in [3.05, 3.63) is 0 Å². The number of hydrogen-bond donors (Lipinski definition) is 3. The normalized spacial score (nSPS) is 11.9. The third-order valence-corrected chi connectivity index (χ3v) is 2.29. The van der Waals surface area contributed by atoms with E-state index in [1.165, 1.54) is 0 Å². The number of nitrogens with one attached hydrogen (secondary N) is 2. The van der Waals surface area contributed by atoms with Crippen LogP contribution in [0.5, 0.6) is 0 Å². The van der Waals surface area contributed by atoms with Gasteiger partial charge in [0.15, 0.2) is 0 Å². The van der Waals surface area contributed by atoms with Crippen LogP contribution in [0.15, 0.2) is 4.99 Å². The Kier molecular flexibility index (Phi) is 12.0. The Morgan fingerprint density at radius 3 is 2.67 bits per heavy atom. The molecule has 0 radical (unpaired) electrons. The van der Waals surface area contributed by atoms with Crippen LogP contribution >= 0.6 is 0 Å². The van der Waals surface area contributed by atoms with Crippen LogP contribution in [0.25, 0.3) is 0 Å². The van der Waals surface area contributed by atoms with Crippen molar-refractivity contribution in [2.75, 3.05) is 40.0 Å². The molecule has 18 heavy (non-hydrogen) atoms. The molecule has 0 atom stereocenters. The third-order valence-electron chi connectivity index (χ3n) is 2.29. The molecule has 0 saturated heterocycles. The number of ether oxygens (including phenoxy) is 2. The number of nitrogens with two attached hydrogens (primary N) is 1. The van der Waals surface area contributed by atoms with Gasteiger partial charge in [0.2, 0.25) is 5.96 Å². The van der Waals surface area contributed by atoms with Gasteiger partial charge in [-0.1, -0.05) is 13.8 Å². The van der Waals surface area contributed by atoms with Crippen LogP contribution in [-0.4, -0.2) is 46.0 Å². The van der Waals surface area contributed by atoms with Gasteiger partial charge in [0.25, 0.3) is 0 Å². The first-order valence-corrected chi connectivity index (χ1v) is 6.52. The van der Waals surface area contributed by atoms with Crippen LogP contribution in [0.4, 0.5) is 0 Å². The highest BCUT2D eigenvalue weighted by Crippen LogP contribution is 1.98. The maximum Gasteiger partial charge on any atom is 0.205 e. The van der Waals surface area contributed by atoms with Crippen LogP contribution in [0.2, 0.25) is 0 Å². The Morgan fingerprint density at radius 2 is 2.06 bits per heavy atom. The summed E-state index contributed by atoms with van der Waals surface area (Å²) in [5.41, 5.74) is 2.53. The fourth-order valence-corrected chi connectivity index (χ4v) is 1.22. The zero-order valence-electron chi connectivity index (χ0n) is 11.9. The van der Waals surface area contributed by atoms with Crippen LogP contribution in [0.3, 0.4) is 0 Å². The second kappa shape index (κ2) is 12.6. The number of hydrazine groups is 1. The average molecular weight is 260 g/mol. The molecule has 0 aliphatic carbocycles. The number of guanidine groups is 1. The molecule has 0 rings (SSSR count). The lowest BCUT2D eigenvalue weighted by atomic mass is 10.1. The molecule has 6 nitrogen and oxygen atoms in total. The van der Waals surface area contributed by atoms with Gasteiger partial charge >= 0.3 is 0 Å². The smallest absolute Gasteiger partial charge is 0.205 e. The van der Waals surface area contributed by atoms with E-state index in [-0.39, 0.29) is 0 Å². The van der Waals surface area contributed by atoms with Crippen molar-refractivity contribution >= 4 is 5.96 Å². The molecule has 0 heterocycles. The standard InChI is InChI=1S/C12H28N4O2/c1-11(2)5-9-18-10-7-15-12(16-13)14-6-4-8-17-3/h11H,4-10,13H2,1-3H3,(H2,14,15,16). The van der Waals surface area contributed by atoms with Crippen LogP contribution in [-0.2, 0) is 9.47 Å². The molecule has 0 spiro atoms. The molecule has 108 valence electrons. The summed E-state index contributed by atoms with van der Waals surface area (Å²) in [6.07, 6.45) is 1.97. The second-order valence-electron chi connectivity index (χ2n) is 4.44. The highest BCUT2D eigenvalue weighted by Gasteiger charge is 1.96. The largest absolute Gasteiger partial charge is 0.385 e. The minimum atomic E-state index is 0.596. The summed E-state index contributed by atoms with van der Waals surface area (Å²) >= 11 is 0. The highest BCUT2D eigenvalue weighted by molar-refractivity contribution is 5.79. The SMILES string of the molecule is COCCCN=C(NN)NCCOCCC(C)C. The quantitative estimate of drug-likeness (QED) is 0.175. The summed E-state index contributed by atoms with van der Waals surface area (Å²) in [5.74, 6) is 6.63. The highest BCUT2D eigenvalue weighted by atomic mass is 16.5. The van der Waals surface area contributed by atoms with Crippen molar-refractivity contribution in [1.82, 2.24) is 10.7 Å². The monoisotopic (exact) mass is 260 g/mol. The van der Waals surface area contributed by atoms with Gasteiger partial charge in [-0.3, -0.25) is 10.4 Å². The molecular weight excluding hydrogens is 232 g/mol. The average Bonchev–Trinajstić information content (AvgIpc) is 2.35. The lowest BCUT2D eigenvalue weighted by Crippen LogP contribution is -2.43. The maximum absolute atomic E-state index is 5.48. The summed E-state index contributed by atoms with van der Waals surface area (Å²) < 4.78 is 10.4. The number of rotatable bonds is 10. The first-order valence-electron chi connectivity index (χ1n) is 6.52. The van der Waals surface area contributed by atoms with Gasteiger partial charge in [-0.15, -0.1) is 0 Å². The summed E-state index contributed by atoms with van der Waals surface area (Å²) in [5, 5.41) is 3.08. The van der Waals surface area contributed by atoms with Crippen molar-refractivity contribution in [3.8, 4) is 0 Å². The maximum atomic E-state index is 5.48. The lowest BCUT2D eigenvalue weighted by molar-refractivity contribution is 0.128. The number of nitrogens with zero attached hydrogens (tertiary/aromatic N) is 1. The van der Waals surface area contributed by atoms with E-state index in [9.17, 15) is 0 Å². The van der Waals surface area contributed by atoms with E-state index in [0.29, 0.717) is 38.2 Å². The number of aliphatic imine (C=N–C) groups is 1. The summed E-state index contributed by atoms with van der Waals surface area (Å²) in [4.78, 5) is 4.26. The molecule has 4 N–H and O–H groups in total. The molecule has 0 aromatic carbocycles. The molecule has 0 aromatic heterocycles. The molecule has 0 aromatic rings. The second-order valence-corrected chi connectivity index (χ2v) is 4.44. The molecule has 0 bridgehead atoms. The van der Waals surface area contributed by atoms with E-state index < -0.39 is 0 Å². The topological polar surface area (TPSA) is 80.9 Å². The number of methoxy groups -OCH3 is 1. The Hall–Kier alpha value is -0.850. The molecule has 6 heteroatoms. The van der Waals surface area contributed by atoms with Gasteiger partial charge in [-0.05, 0) is 18.8 Å². The van der Waals surface area contributed by atoms with Crippen molar-refractivity contribution in [1.29, 1.82) is 0 Å². The third kappa shape index (κ3) is 11.6. The minimum absolute atomic E-state index is 0.596. The summed E-state index contributed by atoms with van der Waals surface area (Å²) in [6, 6.07) is 0. The van der Waals surface area contributed by atoms with E-state index in [4.69, 9.17) is 15.3 Å². The predicted octanol–water partition coefficient (Wildman–Crippen LogP) is 0.495. The Labute approximate surface area is 110 Å². The molecule has 0 aliphatic heterocycles. The van der Waals surface area contributed by atoms with Crippen LogP contribution in [0, 0.1) is 5.92 Å². The van der Waals surface area contributed by atoms with Gasteiger partial charge in [0.05, 0.1) is 6.61 Å². The fourth-order valence-electron chi connectivity index (χ4n) is 1.22. The molecule has 0 saturated carbocycles. The first kappa shape index (κ1) is 17.2. The fraction of sp³-hybridized carbons (Fsp3) is 0.917. The molecule has 0 fully saturated rings. The lowest BCUT2D eigenvalue weighted by Gasteiger charge is -2.10. The predicted molar refractivity (Wildman–Crippen MR) is 74.4 cm³/mol. The van der Waals surface area contributed by atoms with Gasteiger partial charge < -0.3 is 14.8 Å². The summed E-state index contributed by atoms with van der Waals surface area (Å²) in [7, 11) is 1.68. The van der Waals surface area contributed by atoms with Crippen molar-refractivity contribution in [2.24, 2.45) is 16.8 Å². The van der Waals surface area contributed by atoms with Crippen molar-refractivity contribution < 1.29 is 9.47 Å². The molecule has 0 aliphatic rings. The molecule has 0 amide bonds. The Balaban J connectivity index is 3.49. The van der Waals surface area contributed by atoms with E-state index >= 15 is 0 Å². The van der Waals surface area contributed by atoms with Crippen molar-refractivity contribution in [3.63, 3.8) is 0 Å². The molecular formula is C12H28N4O2. The van der Waals surface area contributed by atoms with E-state index in [1.807, 2.05) is 0 Å². The van der Waals surface area contributed by atoms with Crippen molar-refractivity contribution in [2.45, 2.75) is 26.7 Å². The van der Waals surface area contributed by atoms with E-state index in [2.05, 4.69) is 29.6 Å². The zero-order valence-corrected chi connectivity index (χ0v) is 11.9. The Morgan fingerprint density at radius 1 is 1.28 bits per heavy atom. The van der Waals surface area contributed by atoms with Gasteiger partial charge in [-0.25, -0.2) is 5.84 Å². The summed E-state index contributed by atoms with van der Waals surface area (Å²) in [6.45, 7) is 7.93. The van der Waals surface area contributed by atoms with Gasteiger partial charge in [0, 0.05) is 33.4 Å². The van der Waals surface area contributed by atoms with E-state index in [1.54, 1.807) is 7.11 Å². The Bertz CT molecular complexity index is 210. The van der Waals surface area contributed by atoms with Crippen LogP contribution in [0.1, 0.15) is 26.7 Å². The van der Waals surface area contributed by atoms with Crippen LogP contribution < -0.4 is 16.6 Å².